The molecule has 0 fully saturated rings. The van der Waals surface area contributed by atoms with E-state index in [9.17, 15) is 10.2 Å². The van der Waals surface area contributed by atoms with Gasteiger partial charge in [-0.15, -0.1) is 0 Å². The van der Waals surface area contributed by atoms with Crippen molar-refractivity contribution in [3.8, 4) is 5.75 Å². The van der Waals surface area contributed by atoms with Crippen LogP contribution in [0.15, 0.2) is 24.3 Å². The fourth-order valence-electron chi connectivity index (χ4n) is 1.47. The van der Waals surface area contributed by atoms with Gasteiger partial charge in [0.15, 0.2) is 0 Å². The van der Waals surface area contributed by atoms with E-state index in [0.717, 1.165) is 5.75 Å². The Morgan fingerprint density at radius 3 is 2.38 bits per heavy atom. The second kappa shape index (κ2) is 6.48. The summed E-state index contributed by atoms with van der Waals surface area (Å²) in [6, 6.07) is 7.09. The molecule has 0 aromatic heterocycles. The van der Waals surface area contributed by atoms with Gasteiger partial charge in [0.1, 0.15) is 11.9 Å². The standard InChI is InChI=1S/C12H19NO3/c1-3-16-10-6-4-9(5-7-10)12(15)11(14)8-13-2/h4-7,11-15H,3,8H2,1-2H3. The molecule has 1 aromatic rings. The van der Waals surface area contributed by atoms with Gasteiger partial charge in [-0.3, -0.25) is 0 Å². The van der Waals surface area contributed by atoms with Crippen LogP contribution in [0.1, 0.15) is 18.6 Å². The maximum Gasteiger partial charge on any atom is 0.119 e. The highest BCUT2D eigenvalue weighted by molar-refractivity contribution is 5.29. The molecular formula is C12H19NO3. The molecule has 0 saturated carbocycles. The Kier molecular flexibility index (Phi) is 5.25. The van der Waals surface area contributed by atoms with Crippen molar-refractivity contribution in [2.45, 2.75) is 19.1 Å². The number of hydrogen-bond donors (Lipinski definition) is 3. The van der Waals surface area contributed by atoms with Crippen molar-refractivity contribution in [3.05, 3.63) is 29.8 Å². The first-order valence-electron chi connectivity index (χ1n) is 5.42. The molecule has 1 rings (SSSR count). The highest BCUT2D eigenvalue weighted by Gasteiger charge is 2.17. The van der Waals surface area contributed by atoms with Crippen molar-refractivity contribution >= 4 is 0 Å². The molecule has 0 heterocycles. The van der Waals surface area contributed by atoms with Crippen LogP contribution in [0.3, 0.4) is 0 Å². The summed E-state index contributed by atoms with van der Waals surface area (Å²) in [5, 5.41) is 22.2. The number of rotatable bonds is 6. The summed E-state index contributed by atoms with van der Waals surface area (Å²) in [7, 11) is 1.73. The van der Waals surface area contributed by atoms with E-state index in [1.165, 1.54) is 0 Å². The van der Waals surface area contributed by atoms with Gasteiger partial charge in [0, 0.05) is 6.54 Å². The summed E-state index contributed by atoms with van der Waals surface area (Å²) in [5.41, 5.74) is 0.686. The Hall–Kier alpha value is -1.10. The molecule has 1 aromatic carbocycles. The topological polar surface area (TPSA) is 61.7 Å². The van der Waals surface area contributed by atoms with Gasteiger partial charge in [-0.25, -0.2) is 0 Å². The normalized spacial score (nSPS) is 14.5. The average Bonchev–Trinajstić information content (AvgIpc) is 2.30. The first kappa shape index (κ1) is 13.0. The van der Waals surface area contributed by atoms with Crippen LogP contribution in [-0.4, -0.2) is 36.5 Å². The van der Waals surface area contributed by atoms with Gasteiger partial charge < -0.3 is 20.3 Å². The summed E-state index contributed by atoms with van der Waals surface area (Å²) in [4.78, 5) is 0. The van der Waals surface area contributed by atoms with E-state index >= 15 is 0 Å². The van der Waals surface area contributed by atoms with Crippen molar-refractivity contribution in [2.75, 3.05) is 20.2 Å². The number of benzene rings is 1. The minimum atomic E-state index is -0.872. The highest BCUT2D eigenvalue weighted by Crippen LogP contribution is 2.20. The van der Waals surface area contributed by atoms with E-state index in [2.05, 4.69) is 5.32 Å². The molecule has 0 aliphatic carbocycles. The van der Waals surface area contributed by atoms with Gasteiger partial charge in [0.25, 0.3) is 0 Å². The van der Waals surface area contributed by atoms with E-state index in [0.29, 0.717) is 18.7 Å². The fraction of sp³-hybridized carbons (Fsp3) is 0.500. The first-order chi connectivity index (χ1) is 7.69. The zero-order chi connectivity index (χ0) is 12.0. The van der Waals surface area contributed by atoms with Crippen LogP contribution in [0.2, 0.25) is 0 Å². The summed E-state index contributed by atoms with van der Waals surface area (Å²) in [6.45, 7) is 2.89. The van der Waals surface area contributed by atoms with Gasteiger partial charge in [-0.05, 0) is 31.7 Å². The van der Waals surface area contributed by atoms with Crippen LogP contribution in [0.4, 0.5) is 0 Å². The molecule has 0 radical (unpaired) electrons. The summed E-state index contributed by atoms with van der Waals surface area (Å²) in [6.07, 6.45) is -1.67. The molecule has 16 heavy (non-hydrogen) atoms. The van der Waals surface area contributed by atoms with E-state index in [1.807, 2.05) is 6.92 Å². The number of ether oxygens (including phenoxy) is 1. The lowest BCUT2D eigenvalue weighted by Crippen LogP contribution is -2.29. The number of aliphatic hydroxyl groups excluding tert-OH is 2. The third kappa shape index (κ3) is 3.48. The predicted octanol–water partition coefficient (Wildman–Crippen LogP) is 0.699. The van der Waals surface area contributed by atoms with Gasteiger partial charge in [-0.1, -0.05) is 12.1 Å². The van der Waals surface area contributed by atoms with Gasteiger partial charge >= 0.3 is 0 Å². The quantitative estimate of drug-likeness (QED) is 0.667. The molecule has 0 bridgehead atoms. The second-order valence-corrected chi connectivity index (χ2v) is 3.57. The van der Waals surface area contributed by atoms with E-state index in [1.54, 1.807) is 31.3 Å². The molecule has 0 saturated heterocycles. The molecule has 3 N–H and O–H groups in total. The molecule has 0 aliphatic rings. The minimum absolute atomic E-state index is 0.356. The number of likely N-dealkylation sites (N-methyl/N-ethyl adjacent to an activating group) is 1. The number of nitrogens with one attached hydrogen (secondary N) is 1. The number of aliphatic hydroxyl groups is 2. The average molecular weight is 225 g/mol. The van der Waals surface area contributed by atoms with Crippen LogP contribution in [0.25, 0.3) is 0 Å². The number of hydrogen-bond acceptors (Lipinski definition) is 4. The molecule has 0 amide bonds. The van der Waals surface area contributed by atoms with Gasteiger partial charge in [0.05, 0.1) is 12.7 Å². The SMILES string of the molecule is CCOc1ccc(C(O)C(O)CNC)cc1. The highest BCUT2D eigenvalue weighted by atomic mass is 16.5. The zero-order valence-electron chi connectivity index (χ0n) is 9.68. The van der Waals surface area contributed by atoms with Crippen molar-refractivity contribution < 1.29 is 14.9 Å². The maximum atomic E-state index is 9.81. The lowest BCUT2D eigenvalue weighted by molar-refractivity contribution is 0.0202. The molecule has 0 spiro atoms. The Labute approximate surface area is 95.9 Å². The molecule has 2 unspecified atom stereocenters. The Morgan fingerprint density at radius 1 is 1.25 bits per heavy atom. The zero-order valence-corrected chi connectivity index (χ0v) is 9.68. The molecule has 90 valence electrons. The van der Waals surface area contributed by atoms with E-state index in [4.69, 9.17) is 4.74 Å². The maximum absolute atomic E-state index is 9.81. The predicted molar refractivity (Wildman–Crippen MR) is 62.5 cm³/mol. The largest absolute Gasteiger partial charge is 0.494 e. The smallest absolute Gasteiger partial charge is 0.119 e. The lowest BCUT2D eigenvalue weighted by Gasteiger charge is -2.18. The molecule has 2 atom stereocenters. The van der Waals surface area contributed by atoms with Crippen LogP contribution in [0, 0.1) is 0 Å². The lowest BCUT2D eigenvalue weighted by atomic mass is 10.0. The molecule has 4 heteroatoms. The monoisotopic (exact) mass is 225 g/mol. The van der Waals surface area contributed by atoms with Crippen molar-refractivity contribution in [1.29, 1.82) is 0 Å². The van der Waals surface area contributed by atoms with Gasteiger partial charge in [0.2, 0.25) is 0 Å². The van der Waals surface area contributed by atoms with Crippen LogP contribution < -0.4 is 10.1 Å². The second-order valence-electron chi connectivity index (χ2n) is 3.57. The molecule has 0 aliphatic heterocycles. The minimum Gasteiger partial charge on any atom is -0.494 e. The van der Waals surface area contributed by atoms with Crippen molar-refractivity contribution in [2.24, 2.45) is 0 Å². The van der Waals surface area contributed by atoms with Crippen molar-refractivity contribution in [1.82, 2.24) is 5.32 Å². The van der Waals surface area contributed by atoms with Crippen LogP contribution >= 0.6 is 0 Å². The Morgan fingerprint density at radius 2 is 1.88 bits per heavy atom. The van der Waals surface area contributed by atoms with Gasteiger partial charge in [-0.2, -0.15) is 0 Å². The third-order valence-corrected chi connectivity index (χ3v) is 2.31. The van der Waals surface area contributed by atoms with Crippen LogP contribution in [-0.2, 0) is 0 Å². The summed E-state index contributed by atoms with van der Waals surface area (Å²) < 4.78 is 5.29. The van der Waals surface area contributed by atoms with E-state index in [-0.39, 0.29) is 0 Å². The summed E-state index contributed by atoms with van der Waals surface area (Å²) in [5.74, 6) is 0.765. The van der Waals surface area contributed by atoms with Crippen LogP contribution in [0.5, 0.6) is 5.75 Å². The third-order valence-electron chi connectivity index (χ3n) is 2.31. The first-order valence-corrected chi connectivity index (χ1v) is 5.42. The Bertz CT molecular complexity index is 300. The molecule has 4 nitrogen and oxygen atoms in total. The fourth-order valence-corrected chi connectivity index (χ4v) is 1.47. The van der Waals surface area contributed by atoms with Crippen molar-refractivity contribution in [3.63, 3.8) is 0 Å². The summed E-state index contributed by atoms with van der Waals surface area (Å²) >= 11 is 0. The Balaban J connectivity index is 2.65. The molecular weight excluding hydrogens is 206 g/mol. The van der Waals surface area contributed by atoms with E-state index < -0.39 is 12.2 Å².